The summed E-state index contributed by atoms with van der Waals surface area (Å²) in [6, 6.07) is 9.44. The Morgan fingerprint density at radius 2 is 2.14 bits per heavy atom. The Kier molecular flexibility index (Phi) is 4.82. The second kappa shape index (κ2) is 7.28. The van der Waals surface area contributed by atoms with Crippen molar-refractivity contribution in [2.24, 2.45) is 5.92 Å². The highest BCUT2D eigenvalue weighted by molar-refractivity contribution is 7.16. The lowest BCUT2D eigenvalue weighted by Gasteiger charge is -2.33. The lowest BCUT2D eigenvalue weighted by Crippen LogP contribution is -2.48. The first-order valence-electron chi connectivity index (χ1n) is 9.37. The van der Waals surface area contributed by atoms with Crippen LogP contribution in [0.1, 0.15) is 36.3 Å². The van der Waals surface area contributed by atoms with Crippen molar-refractivity contribution >= 4 is 33.8 Å². The Morgan fingerprint density at radius 3 is 2.89 bits per heavy atom. The maximum atomic E-state index is 12.9. The molecule has 0 radical (unpaired) electrons. The quantitative estimate of drug-likeness (QED) is 0.844. The molecular formula is C21H21N3O3S. The SMILES string of the molecule is CC(=O)N1C[C@H](C(=O)Nc2sc3c(c2C#N)CC[C@H](C)C3)Oc2ccccc21. The summed E-state index contributed by atoms with van der Waals surface area (Å²) >= 11 is 1.48. The van der Waals surface area contributed by atoms with Crippen LogP contribution in [0.3, 0.4) is 0 Å². The zero-order chi connectivity index (χ0) is 19.8. The van der Waals surface area contributed by atoms with Crippen molar-refractivity contribution in [3.8, 4) is 11.8 Å². The highest BCUT2D eigenvalue weighted by Gasteiger charge is 2.34. The number of carbonyl (C=O) groups is 2. The Balaban J connectivity index is 1.58. The van der Waals surface area contributed by atoms with E-state index in [2.05, 4.69) is 18.3 Å². The first-order chi connectivity index (χ1) is 13.5. The van der Waals surface area contributed by atoms with E-state index in [1.165, 1.54) is 23.1 Å². The monoisotopic (exact) mass is 395 g/mol. The summed E-state index contributed by atoms with van der Waals surface area (Å²) in [5.74, 6) is 0.600. The van der Waals surface area contributed by atoms with Gasteiger partial charge in [0.2, 0.25) is 5.91 Å². The molecule has 1 aliphatic carbocycles. The molecule has 2 atom stereocenters. The normalized spacial score (nSPS) is 20.4. The Hall–Kier alpha value is -2.85. The van der Waals surface area contributed by atoms with E-state index in [9.17, 15) is 14.9 Å². The highest BCUT2D eigenvalue weighted by Crippen LogP contribution is 2.39. The minimum atomic E-state index is -0.830. The smallest absolute Gasteiger partial charge is 0.267 e. The van der Waals surface area contributed by atoms with Gasteiger partial charge in [0.15, 0.2) is 6.10 Å². The van der Waals surface area contributed by atoms with Gasteiger partial charge in [0, 0.05) is 11.8 Å². The fourth-order valence-corrected chi connectivity index (χ4v) is 5.18. The van der Waals surface area contributed by atoms with Crippen LogP contribution in [0.15, 0.2) is 24.3 Å². The van der Waals surface area contributed by atoms with Crippen molar-refractivity contribution in [1.82, 2.24) is 0 Å². The van der Waals surface area contributed by atoms with Gasteiger partial charge in [0.25, 0.3) is 5.91 Å². The number of nitrogens with one attached hydrogen (secondary N) is 1. The third kappa shape index (κ3) is 3.25. The molecule has 1 aromatic heterocycles. The van der Waals surface area contributed by atoms with Crippen LogP contribution >= 0.6 is 11.3 Å². The molecule has 7 heteroatoms. The van der Waals surface area contributed by atoms with E-state index in [1.54, 1.807) is 23.1 Å². The van der Waals surface area contributed by atoms with Gasteiger partial charge >= 0.3 is 0 Å². The van der Waals surface area contributed by atoms with Crippen LogP contribution in [0.4, 0.5) is 10.7 Å². The van der Waals surface area contributed by atoms with Crippen molar-refractivity contribution in [3.05, 3.63) is 40.3 Å². The number of hydrogen-bond acceptors (Lipinski definition) is 5. The molecular weight excluding hydrogens is 374 g/mol. The molecule has 28 heavy (non-hydrogen) atoms. The number of nitriles is 1. The van der Waals surface area contributed by atoms with E-state index in [1.807, 2.05) is 6.07 Å². The number of hydrogen-bond donors (Lipinski definition) is 1. The molecule has 2 aliphatic rings. The zero-order valence-electron chi connectivity index (χ0n) is 15.8. The Bertz CT molecular complexity index is 991. The molecule has 1 N–H and O–H groups in total. The molecule has 0 saturated carbocycles. The van der Waals surface area contributed by atoms with Gasteiger partial charge in [-0.1, -0.05) is 19.1 Å². The Morgan fingerprint density at radius 1 is 1.36 bits per heavy atom. The van der Waals surface area contributed by atoms with Gasteiger partial charge in [-0.15, -0.1) is 11.3 Å². The minimum absolute atomic E-state index is 0.141. The molecule has 0 unspecified atom stereocenters. The molecule has 2 amide bonds. The second-order valence-corrected chi connectivity index (χ2v) is 8.47. The standard InChI is InChI=1S/C21H21N3O3S/c1-12-7-8-14-15(10-22)21(28-19(14)9-12)23-20(26)18-11-24(13(2)25)16-5-3-4-6-17(16)27-18/h3-6,12,18H,7-9,11H2,1-2H3,(H,23,26)/t12-,18+/m0/s1. The molecule has 0 bridgehead atoms. The topological polar surface area (TPSA) is 82.4 Å². The lowest BCUT2D eigenvalue weighted by atomic mass is 9.88. The van der Waals surface area contributed by atoms with Crippen LogP contribution in [-0.2, 0) is 22.4 Å². The average Bonchev–Trinajstić information content (AvgIpc) is 3.02. The van der Waals surface area contributed by atoms with Gasteiger partial charge in [0.1, 0.15) is 16.8 Å². The van der Waals surface area contributed by atoms with Crippen molar-refractivity contribution in [2.75, 3.05) is 16.8 Å². The summed E-state index contributed by atoms with van der Waals surface area (Å²) in [5, 5.41) is 13.1. The first-order valence-corrected chi connectivity index (χ1v) is 10.2. The number of amides is 2. The number of para-hydroxylation sites is 2. The molecule has 4 rings (SSSR count). The summed E-state index contributed by atoms with van der Waals surface area (Å²) in [7, 11) is 0. The number of benzene rings is 1. The number of rotatable bonds is 2. The van der Waals surface area contributed by atoms with E-state index in [0.29, 0.717) is 27.9 Å². The molecule has 2 heterocycles. The predicted molar refractivity (Wildman–Crippen MR) is 108 cm³/mol. The summed E-state index contributed by atoms with van der Waals surface area (Å²) < 4.78 is 5.85. The van der Waals surface area contributed by atoms with Gasteiger partial charge in [-0.2, -0.15) is 5.26 Å². The largest absolute Gasteiger partial charge is 0.476 e. The maximum absolute atomic E-state index is 12.9. The van der Waals surface area contributed by atoms with Crippen molar-refractivity contribution < 1.29 is 14.3 Å². The first kappa shape index (κ1) is 18.5. The zero-order valence-corrected chi connectivity index (χ0v) is 16.6. The molecule has 0 spiro atoms. The molecule has 0 fully saturated rings. The van der Waals surface area contributed by atoms with Gasteiger partial charge in [-0.05, 0) is 42.9 Å². The van der Waals surface area contributed by atoms with Crippen molar-refractivity contribution in [3.63, 3.8) is 0 Å². The third-order valence-corrected chi connectivity index (χ3v) is 6.48. The average molecular weight is 395 g/mol. The van der Waals surface area contributed by atoms with Crippen LogP contribution < -0.4 is 15.0 Å². The van der Waals surface area contributed by atoms with E-state index >= 15 is 0 Å². The van der Waals surface area contributed by atoms with Gasteiger partial charge < -0.3 is 15.0 Å². The summed E-state index contributed by atoms with van der Waals surface area (Å²) in [4.78, 5) is 27.7. The van der Waals surface area contributed by atoms with Gasteiger partial charge in [0.05, 0.1) is 17.8 Å². The van der Waals surface area contributed by atoms with E-state index in [0.717, 1.165) is 24.8 Å². The number of carbonyl (C=O) groups excluding carboxylic acids is 2. The molecule has 6 nitrogen and oxygen atoms in total. The predicted octanol–water partition coefficient (Wildman–Crippen LogP) is 3.50. The number of anilines is 2. The number of fused-ring (bicyclic) bond motifs is 2. The molecule has 1 aliphatic heterocycles. The van der Waals surface area contributed by atoms with Crippen molar-refractivity contribution in [1.29, 1.82) is 5.26 Å². The van der Waals surface area contributed by atoms with Crippen LogP contribution in [-0.4, -0.2) is 24.5 Å². The molecule has 144 valence electrons. The highest BCUT2D eigenvalue weighted by atomic mass is 32.1. The molecule has 1 aromatic carbocycles. The lowest BCUT2D eigenvalue weighted by molar-refractivity contribution is -0.123. The van der Waals surface area contributed by atoms with Crippen LogP contribution in [0.2, 0.25) is 0 Å². The molecule has 0 saturated heterocycles. The number of ether oxygens (including phenoxy) is 1. The van der Waals surface area contributed by atoms with Crippen LogP contribution in [0, 0.1) is 17.2 Å². The van der Waals surface area contributed by atoms with E-state index in [-0.39, 0.29) is 18.4 Å². The summed E-state index contributed by atoms with van der Waals surface area (Å²) in [6.45, 7) is 3.82. The van der Waals surface area contributed by atoms with Crippen LogP contribution in [0.25, 0.3) is 0 Å². The third-order valence-electron chi connectivity index (χ3n) is 5.31. The van der Waals surface area contributed by atoms with Gasteiger partial charge in [-0.25, -0.2) is 0 Å². The Labute approximate surface area is 167 Å². The molecule has 2 aromatic rings. The summed E-state index contributed by atoms with van der Waals surface area (Å²) in [6.07, 6.45) is 2.04. The maximum Gasteiger partial charge on any atom is 0.267 e. The fraction of sp³-hybridized carbons (Fsp3) is 0.381. The van der Waals surface area contributed by atoms with Gasteiger partial charge in [-0.3, -0.25) is 9.59 Å². The summed E-state index contributed by atoms with van der Waals surface area (Å²) in [5.41, 5.74) is 2.30. The van der Waals surface area contributed by atoms with Crippen LogP contribution in [0.5, 0.6) is 5.75 Å². The van der Waals surface area contributed by atoms with Crippen molar-refractivity contribution in [2.45, 2.75) is 39.2 Å². The fourth-order valence-electron chi connectivity index (χ4n) is 3.82. The second-order valence-electron chi connectivity index (χ2n) is 7.36. The minimum Gasteiger partial charge on any atom is -0.476 e. The van der Waals surface area contributed by atoms with E-state index in [4.69, 9.17) is 4.74 Å². The number of nitrogens with zero attached hydrogens (tertiary/aromatic N) is 2. The van der Waals surface area contributed by atoms with E-state index < -0.39 is 6.10 Å². The number of thiophene rings is 1.